The molecule has 2 unspecified atom stereocenters. The van der Waals surface area contributed by atoms with Crippen molar-refractivity contribution in [2.45, 2.75) is 31.8 Å². The van der Waals surface area contributed by atoms with Gasteiger partial charge in [0.05, 0.1) is 11.8 Å². The van der Waals surface area contributed by atoms with Crippen LogP contribution in [0.3, 0.4) is 0 Å². The van der Waals surface area contributed by atoms with Crippen molar-refractivity contribution in [2.75, 3.05) is 0 Å². The highest BCUT2D eigenvalue weighted by molar-refractivity contribution is 6.36. The average molecular weight is 288 g/mol. The number of nitrogens with zero attached hydrogens (tertiary/aromatic N) is 1. The fourth-order valence-corrected chi connectivity index (χ4v) is 3.10. The van der Waals surface area contributed by atoms with Crippen LogP contribution in [0, 0.1) is 5.92 Å². The Morgan fingerprint density at radius 3 is 2.50 bits per heavy atom. The highest BCUT2D eigenvalue weighted by Crippen LogP contribution is 2.38. The maximum absolute atomic E-state index is 10.4. The first kappa shape index (κ1) is 13.7. The molecule has 98 valence electrons. The van der Waals surface area contributed by atoms with Crippen molar-refractivity contribution in [1.29, 1.82) is 0 Å². The molecule has 0 heterocycles. The zero-order valence-electron chi connectivity index (χ0n) is 9.81. The average Bonchev–Trinajstić information content (AvgIpc) is 2.38. The van der Waals surface area contributed by atoms with E-state index in [2.05, 4.69) is 5.16 Å². The summed E-state index contributed by atoms with van der Waals surface area (Å²) in [7, 11) is 0. The highest BCUT2D eigenvalue weighted by Gasteiger charge is 2.31. The van der Waals surface area contributed by atoms with E-state index in [-0.39, 0.29) is 5.92 Å². The Kier molecular flexibility index (Phi) is 4.49. The van der Waals surface area contributed by atoms with Gasteiger partial charge in [-0.15, -0.1) is 0 Å². The van der Waals surface area contributed by atoms with Gasteiger partial charge in [-0.3, -0.25) is 0 Å². The lowest BCUT2D eigenvalue weighted by Gasteiger charge is -2.28. The van der Waals surface area contributed by atoms with E-state index in [1.807, 2.05) is 0 Å². The van der Waals surface area contributed by atoms with E-state index in [0.29, 0.717) is 27.7 Å². The molecule has 0 radical (unpaired) electrons. The van der Waals surface area contributed by atoms with Gasteiger partial charge in [-0.25, -0.2) is 0 Å². The Morgan fingerprint density at radius 1 is 1.22 bits per heavy atom. The Morgan fingerprint density at radius 2 is 1.89 bits per heavy atom. The lowest BCUT2D eigenvalue weighted by Crippen LogP contribution is -2.26. The molecule has 0 aliphatic heterocycles. The van der Waals surface area contributed by atoms with Crippen molar-refractivity contribution < 1.29 is 10.3 Å². The van der Waals surface area contributed by atoms with Gasteiger partial charge in [-0.2, -0.15) is 0 Å². The first-order valence-corrected chi connectivity index (χ1v) is 6.73. The molecule has 2 atom stereocenters. The SMILES string of the molecule is O/N=C1\CCCCC1C(O)c1c(Cl)cccc1Cl. The van der Waals surface area contributed by atoms with E-state index in [4.69, 9.17) is 28.4 Å². The third-order valence-corrected chi connectivity index (χ3v) is 4.09. The van der Waals surface area contributed by atoms with Crippen molar-refractivity contribution >= 4 is 28.9 Å². The number of aliphatic hydroxyl groups excluding tert-OH is 1. The Labute approximate surface area is 116 Å². The maximum atomic E-state index is 10.4. The molecule has 1 aromatic carbocycles. The van der Waals surface area contributed by atoms with Crippen LogP contribution >= 0.6 is 23.2 Å². The monoisotopic (exact) mass is 287 g/mol. The van der Waals surface area contributed by atoms with Gasteiger partial charge in [-0.1, -0.05) is 40.8 Å². The molecule has 1 aliphatic rings. The summed E-state index contributed by atoms with van der Waals surface area (Å²) in [5.74, 6) is -0.207. The molecule has 0 bridgehead atoms. The maximum Gasteiger partial charge on any atom is 0.0900 e. The largest absolute Gasteiger partial charge is 0.411 e. The van der Waals surface area contributed by atoms with Crippen LogP contribution in [0.25, 0.3) is 0 Å². The number of aliphatic hydroxyl groups is 1. The van der Waals surface area contributed by atoms with Crippen LogP contribution in [0.2, 0.25) is 10.0 Å². The number of benzene rings is 1. The second kappa shape index (κ2) is 5.91. The summed E-state index contributed by atoms with van der Waals surface area (Å²) in [6.07, 6.45) is 2.65. The van der Waals surface area contributed by atoms with Gasteiger partial charge in [0.15, 0.2) is 0 Å². The minimum Gasteiger partial charge on any atom is -0.411 e. The zero-order valence-corrected chi connectivity index (χ0v) is 11.3. The van der Waals surface area contributed by atoms with E-state index in [1.54, 1.807) is 18.2 Å². The molecule has 2 rings (SSSR count). The number of hydrogen-bond donors (Lipinski definition) is 2. The lowest BCUT2D eigenvalue weighted by molar-refractivity contribution is 0.127. The lowest BCUT2D eigenvalue weighted by atomic mass is 9.81. The Hall–Kier alpha value is -0.770. The van der Waals surface area contributed by atoms with Gasteiger partial charge >= 0.3 is 0 Å². The Bertz CT molecular complexity index is 442. The summed E-state index contributed by atoms with van der Waals surface area (Å²) in [5.41, 5.74) is 1.15. The van der Waals surface area contributed by atoms with Crippen LogP contribution < -0.4 is 0 Å². The molecule has 0 aromatic heterocycles. The van der Waals surface area contributed by atoms with Gasteiger partial charge in [0.2, 0.25) is 0 Å². The fraction of sp³-hybridized carbons (Fsp3) is 0.462. The standard InChI is InChI=1S/C13H15Cl2NO2/c14-9-5-3-6-10(15)12(9)13(17)8-4-1-2-7-11(8)16-18/h3,5-6,8,13,17-18H,1-2,4,7H2/b16-11+. The van der Waals surface area contributed by atoms with Gasteiger partial charge in [0.1, 0.15) is 0 Å². The summed E-state index contributed by atoms with van der Waals surface area (Å²) < 4.78 is 0. The molecule has 0 spiro atoms. The molecular formula is C13H15Cl2NO2. The minimum absolute atomic E-state index is 0.207. The quantitative estimate of drug-likeness (QED) is 0.637. The third-order valence-electron chi connectivity index (χ3n) is 3.43. The highest BCUT2D eigenvalue weighted by atomic mass is 35.5. The number of halogens is 2. The second-order valence-electron chi connectivity index (χ2n) is 4.52. The first-order valence-electron chi connectivity index (χ1n) is 5.98. The zero-order chi connectivity index (χ0) is 13.1. The topological polar surface area (TPSA) is 52.8 Å². The summed E-state index contributed by atoms with van der Waals surface area (Å²) in [4.78, 5) is 0. The van der Waals surface area contributed by atoms with Crippen molar-refractivity contribution in [1.82, 2.24) is 0 Å². The second-order valence-corrected chi connectivity index (χ2v) is 5.34. The normalized spacial score (nSPS) is 24.2. The molecule has 0 amide bonds. The molecule has 5 heteroatoms. The predicted molar refractivity (Wildman–Crippen MR) is 72.6 cm³/mol. The fourth-order valence-electron chi connectivity index (χ4n) is 2.48. The number of rotatable bonds is 2. The smallest absolute Gasteiger partial charge is 0.0900 e. The third kappa shape index (κ3) is 2.63. The molecule has 2 N–H and O–H groups in total. The van der Waals surface area contributed by atoms with Crippen molar-refractivity contribution in [3.63, 3.8) is 0 Å². The van der Waals surface area contributed by atoms with Crippen LogP contribution in [-0.2, 0) is 0 Å². The van der Waals surface area contributed by atoms with E-state index in [9.17, 15) is 5.11 Å². The summed E-state index contributed by atoms with van der Waals surface area (Å²) >= 11 is 12.2. The first-order chi connectivity index (χ1) is 8.65. The number of hydrogen-bond acceptors (Lipinski definition) is 3. The minimum atomic E-state index is -0.822. The van der Waals surface area contributed by atoms with Crippen molar-refractivity contribution in [3.8, 4) is 0 Å². The van der Waals surface area contributed by atoms with Crippen LogP contribution in [0.15, 0.2) is 23.4 Å². The molecule has 1 saturated carbocycles. The van der Waals surface area contributed by atoms with Crippen molar-refractivity contribution in [2.24, 2.45) is 11.1 Å². The van der Waals surface area contributed by atoms with Crippen LogP contribution in [0.1, 0.15) is 37.4 Å². The molecule has 1 aliphatic carbocycles. The van der Waals surface area contributed by atoms with Gasteiger partial charge in [0.25, 0.3) is 0 Å². The number of oxime groups is 1. The van der Waals surface area contributed by atoms with Gasteiger partial charge in [0, 0.05) is 21.5 Å². The van der Waals surface area contributed by atoms with E-state index < -0.39 is 6.10 Å². The van der Waals surface area contributed by atoms with Crippen molar-refractivity contribution in [3.05, 3.63) is 33.8 Å². The summed E-state index contributed by atoms with van der Waals surface area (Å²) in [6, 6.07) is 5.14. The van der Waals surface area contributed by atoms with Crippen LogP contribution in [-0.4, -0.2) is 16.0 Å². The molecule has 1 fully saturated rings. The molecule has 18 heavy (non-hydrogen) atoms. The van der Waals surface area contributed by atoms with Gasteiger partial charge in [-0.05, 0) is 31.4 Å². The predicted octanol–water partition coefficient (Wildman–Crippen LogP) is 4.05. The molecule has 3 nitrogen and oxygen atoms in total. The van der Waals surface area contributed by atoms with E-state index >= 15 is 0 Å². The Balaban J connectivity index is 2.32. The van der Waals surface area contributed by atoms with Crippen LogP contribution in [0.5, 0.6) is 0 Å². The summed E-state index contributed by atoms with van der Waals surface area (Å²) in [5, 5.41) is 23.6. The summed E-state index contributed by atoms with van der Waals surface area (Å²) in [6.45, 7) is 0. The molecular weight excluding hydrogens is 273 g/mol. The van der Waals surface area contributed by atoms with Crippen LogP contribution in [0.4, 0.5) is 0 Å². The van der Waals surface area contributed by atoms with E-state index in [0.717, 1.165) is 19.3 Å². The molecule has 0 saturated heterocycles. The van der Waals surface area contributed by atoms with E-state index in [1.165, 1.54) is 0 Å². The van der Waals surface area contributed by atoms with Gasteiger partial charge < -0.3 is 10.3 Å². The molecule has 1 aromatic rings.